The van der Waals surface area contributed by atoms with Crippen LogP contribution in [0.5, 0.6) is 0 Å². The quantitative estimate of drug-likeness (QED) is 0.332. The van der Waals surface area contributed by atoms with Gasteiger partial charge in [0.15, 0.2) is 5.78 Å². The Morgan fingerprint density at radius 3 is 2.44 bits per heavy atom. The number of Topliss-reactive ketones (excluding diaryl/α,β-unsaturated/α-hetero) is 2. The van der Waals surface area contributed by atoms with Gasteiger partial charge in [-0.25, -0.2) is 5.48 Å². The normalized spacial score (nSPS) is 18.1. The highest BCUT2D eigenvalue weighted by Gasteiger charge is 2.34. The Balaban J connectivity index is 2.03. The number of benzene rings is 1. The van der Waals surface area contributed by atoms with Crippen LogP contribution in [0.25, 0.3) is 0 Å². The molecule has 2 N–H and O–H groups in total. The molecule has 1 aromatic carbocycles. The zero-order valence-corrected chi connectivity index (χ0v) is 21.6. The lowest BCUT2D eigenvalue weighted by Gasteiger charge is -2.26. The summed E-state index contributed by atoms with van der Waals surface area (Å²) in [6.45, 7) is 7.91. The van der Waals surface area contributed by atoms with Crippen LogP contribution in [0, 0.1) is 23.7 Å². The summed E-state index contributed by atoms with van der Waals surface area (Å²) in [5.74, 6) is -4.28. The van der Waals surface area contributed by atoms with Crippen molar-refractivity contribution in [3.05, 3.63) is 35.9 Å². The standard InChI is InChI=1S/C27H38N2O7/c1-17(2)13-22(23(30)14-20-11-8-12-36-29-27(34)25(20)32)28-26(33)21(18(3)4)15-24(31)35-16-19-9-6-5-7-10-19/h5-7,9-10,17-18,20-22H,8,11-16H2,1-4H3,(H,28,33)(H,29,34). The molecule has 2 amide bonds. The number of hydrogen-bond donors (Lipinski definition) is 2. The number of ether oxygens (including phenoxy) is 1. The van der Waals surface area contributed by atoms with Crippen LogP contribution in [0.4, 0.5) is 0 Å². The number of amides is 2. The second-order valence-electron chi connectivity index (χ2n) is 10.0. The van der Waals surface area contributed by atoms with E-state index in [9.17, 15) is 24.0 Å². The van der Waals surface area contributed by atoms with Crippen molar-refractivity contribution in [3.8, 4) is 0 Å². The van der Waals surface area contributed by atoms with E-state index in [2.05, 4.69) is 10.8 Å². The molecule has 1 aromatic rings. The molecule has 0 spiro atoms. The van der Waals surface area contributed by atoms with Gasteiger partial charge in [0.2, 0.25) is 11.7 Å². The van der Waals surface area contributed by atoms with E-state index in [4.69, 9.17) is 9.57 Å². The number of hydroxylamine groups is 1. The van der Waals surface area contributed by atoms with E-state index in [1.807, 2.05) is 58.0 Å². The van der Waals surface area contributed by atoms with Gasteiger partial charge < -0.3 is 10.1 Å². The number of nitrogens with one attached hydrogen (secondary N) is 2. The average molecular weight is 503 g/mol. The SMILES string of the molecule is CC(C)CC(NC(=O)C(CC(=O)OCc1ccccc1)C(C)C)C(=O)CC1CCCONC(=O)C1=O. The molecule has 1 fully saturated rings. The first-order valence-corrected chi connectivity index (χ1v) is 12.6. The number of ketones is 2. The Kier molecular flexibility index (Phi) is 11.7. The van der Waals surface area contributed by atoms with Crippen molar-refractivity contribution in [2.45, 2.75) is 72.4 Å². The summed E-state index contributed by atoms with van der Waals surface area (Å²) >= 11 is 0. The van der Waals surface area contributed by atoms with E-state index in [-0.39, 0.29) is 43.7 Å². The minimum Gasteiger partial charge on any atom is -0.461 e. The zero-order chi connectivity index (χ0) is 26.7. The molecule has 0 aromatic heterocycles. The van der Waals surface area contributed by atoms with E-state index in [0.717, 1.165) is 5.56 Å². The highest BCUT2D eigenvalue weighted by molar-refractivity contribution is 6.37. The fraction of sp³-hybridized carbons (Fsp3) is 0.593. The molecule has 9 nitrogen and oxygen atoms in total. The van der Waals surface area contributed by atoms with Crippen molar-refractivity contribution >= 4 is 29.4 Å². The van der Waals surface area contributed by atoms with Crippen LogP contribution in [0.1, 0.15) is 65.4 Å². The molecule has 2 rings (SSSR count). The van der Waals surface area contributed by atoms with Crippen molar-refractivity contribution in [2.24, 2.45) is 23.7 Å². The number of hydrogen-bond acceptors (Lipinski definition) is 7. The van der Waals surface area contributed by atoms with E-state index in [1.165, 1.54) is 0 Å². The van der Waals surface area contributed by atoms with Crippen LogP contribution >= 0.6 is 0 Å². The molecule has 1 saturated heterocycles. The Morgan fingerprint density at radius 1 is 1.11 bits per heavy atom. The van der Waals surface area contributed by atoms with Gasteiger partial charge in [-0.3, -0.25) is 28.8 Å². The lowest BCUT2D eigenvalue weighted by Crippen LogP contribution is -2.47. The van der Waals surface area contributed by atoms with Crippen LogP contribution in [-0.4, -0.2) is 42.0 Å². The molecule has 1 aliphatic heterocycles. The topological polar surface area (TPSA) is 128 Å². The van der Waals surface area contributed by atoms with Gasteiger partial charge >= 0.3 is 11.9 Å². The predicted molar refractivity (Wildman–Crippen MR) is 132 cm³/mol. The Morgan fingerprint density at radius 2 is 1.81 bits per heavy atom. The number of carbonyl (C=O) groups excluding carboxylic acids is 5. The summed E-state index contributed by atoms with van der Waals surface area (Å²) < 4.78 is 5.35. The van der Waals surface area contributed by atoms with Gasteiger partial charge in [-0.05, 0) is 36.7 Å². The summed E-state index contributed by atoms with van der Waals surface area (Å²) in [7, 11) is 0. The highest BCUT2D eigenvalue weighted by atomic mass is 16.7. The third kappa shape index (κ3) is 9.53. The Bertz CT molecular complexity index is 914. The Labute approximate surface area is 212 Å². The first-order chi connectivity index (χ1) is 17.1. The minimum absolute atomic E-state index is 0.0947. The monoisotopic (exact) mass is 502 g/mol. The van der Waals surface area contributed by atoms with Gasteiger partial charge in [0, 0.05) is 12.3 Å². The number of carbonyl (C=O) groups is 5. The molecular formula is C27H38N2O7. The van der Waals surface area contributed by atoms with E-state index < -0.39 is 41.4 Å². The molecule has 0 saturated carbocycles. The molecular weight excluding hydrogens is 464 g/mol. The molecule has 0 aliphatic carbocycles. The van der Waals surface area contributed by atoms with Crippen molar-refractivity contribution in [2.75, 3.05) is 6.61 Å². The maximum Gasteiger partial charge on any atom is 0.311 e. The molecule has 3 unspecified atom stereocenters. The number of rotatable bonds is 12. The van der Waals surface area contributed by atoms with Crippen LogP contribution in [0.2, 0.25) is 0 Å². The minimum atomic E-state index is -0.870. The summed E-state index contributed by atoms with van der Waals surface area (Å²) in [4.78, 5) is 68.0. The maximum atomic E-state index is 13.2. The second-order valence-corrected chi connectivity index (χ2v) is 10.0. The predicted octanol–water partition coefficient (Wildman–Crippen LogP) is 2.91. The van der Waals surface area contributed by atoms with E-state index in [0.29, 0.717) is 19.3 Å². The summed E-state index contributed by atoms with van der Waals surface area (Å²) in [6.07, 6.45) is 0.994. The fourth-order valence-electron chi connectivity index (χ4n) is 4.09. The fourth-order valence-corrected chi connectivity index (χ4v) is 4.09. The van der Waals surface area contributed by atoms with Crippen molar-refractivity contribution < 1.29 is 33.5 Å². The van der Waals surface area contributed by atoms with Gasteiger partial charge in [0.05, 0.1) is 25.0 Å². The van der Waals surface area contributed by atoms with Crippen molar-refractivity contribution in [1.29, 1.82) is 0 Å². The summed E-state index contributed by atoms with van der Waals surface area (Å²) in [5, 5.41) is 2.82. The molecule has 1 heterocycles. The molecule has 36 heavy (non-hydrogen) atoms. The molecule has 9 heteroatoms. The van der Waals surface area contributed by atoms with Crippen LogP contribution in [-0.2, 0) is 40.2 Å². The van der Waals surface area contributed by atoms with Crippen LogP contribution in [0.3, 0.4) is 0 Å². The molecule has 0 radical (unpaired) electrons. The van der Waals surface area contributed by atoms with Crippen LogP contribution in [0.15, 0.2) is 30.3 Å². The first-order valence-electron chi connectivity index (χ1n) is 12.6. The first kappa shape index (κ1) is 29.2. The van der Waals surface area contributed by atoms with Gasteiger partial charge in [0.1, 0.15) is 6.61 Å². The van der Waals surface area contributed by atoms with Gasteiger partial charge in [-0.2, -0.15) is 0 Å². The van der Waals surface area contributed by atoms with Crippen molar-refractivity contribution in [3.63, 3.8) is 0 Å². The lowest BCUT2D eigenvalue weighted by molar-refractivity contribution is -0.150. The van der Waals surface area contributed by atoms with E-state index in [1.54, 1.807) is 0 Å². The van der Waals surface area contributed by atoms with Crippen LogP contribution < -0.4 is 10.8 Å². The Hall–Kier alpha value is -3.07. The van der Waals surface area contributed by atoms with Gasteiger partial charge in [0.25, 0.3) is 0 Å². The average Bonchev–Trinajstić information content (AvgIpc) is 2.83. The van der Waals surface area contributed by atoms with E-state index >= 15 is 0 Å². The third-order valence-electron chi connectivity index (χ3n) is 6.19. The zero-order valence-electron chi connectivity index (χ0n) is 21.6. The second kappa shape index (κ2) is 14.5. The maximum absolute atomic E-state index is 13.2. The largest absolute Gasteiger partial charge is 0.461 e. The molecule has 0 bridgehead atoms. The van der Waals surface area contributed by atoms with Gasteiger partial charge in [-0.15, -0.1) is 0 Å². The summed E-state index contributed by atoms with van der Waals surface area (Å²) in [5.41, 5.74) is 2.93. The van der Waals surface area contributed by atoms with Gasteiger partial charge in [-0.1, -0.05) is 58.0 Å². The molecule has 3 atom stereocenters. The molecule has 1 aliphatic rings. The number of esters is 1. The summed E-state index contributed by atoms with van der Waals surface area (Å²) in [6, 6.07) is 8.44. The highest BCUT2D eigenvalue weighted by Crippen LogP contribution is 2.21. The molecule has 198 valence electrons. The smallest absolute Gasteiger partial charge is 0.311 e. The third-order valence-corrected chi connectivity index (χ3v) is 6.19. The van der Waals surface area contributed by atoms with Crippen molar-refractivity contribution in [1.82, 2.24) is 10.8 Å². The lowest BCUT2D eigenvalue weighted by atomic mass is 9.87.